The van der Waals surface area contributed by atoms with Gasteiger partial charge in [-0.3, -0.25) is 9.89 Å². The molecule has 24 heavy (non-hydrogen) atoms. The van der Waals surface area contributed by atoms with Crippen molar-refractivity contribution in [3.63, 3.8) is 0 Å². The van der Waals surface area contributed by atoms with Gasteiger partial charge in [-0.15, -0.1) is 0 Å². The van der Waals surface area contributed by atoms with Crippen LogP contribution in [0.4, 0.5) is 0 Å². The molecule has 0 bridgehead atoms. The van der Waals surface area contributed by atoms with Crippen molar-refractivity contribution in [2.24, 2.45) is 5.92 Å². The molecule has 0 saturated carbocycles. The quantitative estimate of drug-likeness (QED) is 0.907. The number of likely N-dealkylation sites (tertiary alicyclic amines) is 1. The Balaban J connectivity index is 1.60. The third-order valence-electron chi connectivity index (χ3n) is 5.00. The molecule has 1 aliphatic heterocycles. The summed E-state index contributed by atoms with van der Waals surface area (Å²) in [4.78, 5) is 19.4. The largest absolute Gasteiger partial charge is 0.335 e. The topological polar surface area (TPSA) is 61.9 Å². The van der Waals surface area contributed by atoms with Crippen LogP contribution in [0.15, 0.2) is 35.5 Å². The molecule has 1 amide bonds. The predicted octanol–water partition coefficient (Wildman–Crippen LogP) is 3.57. The number of halogens is 1. The molecular weight excluding hydrogens is 324 g/mol. The van der Waals surface area contributed by atoms with E-state index in [-0.39, 0.29) is 11.9 Å². The smallest absolute Gasteiger partial charge is 0.255 e. The van der Waals surface area contributed by atoms with Crippen molar-refractivity contribution in [2.75, 3.05) is 6.54 Å². The number of nitrogens with one attached hydrogen (secondary N) is 1. The third kappa shape index (κ3) is 2.63. The predicted molar refractivity (Wildman–Crippen MR) is 93.9 cm³/mol. The lowest BCUT2D eigenvalue weighted by Gasteiger charge is -2.30. The van der Waals surface area contributed by atoms with E-state index in [2.05, 4.69) is 21.3 Å². The van der Waals surface area contributed by atoms with Gasteiger partial charge in [0.25, 0.3) is 5.91 Å². The van der Waals surface area contributed by atoms with Crippen molar-refractivity contribution >= 4 is 28.5 Å². The average molecular weight is 343 g/mol. The monoisotopic (exact) mass is 342 g/mol. The van der Waals surface area contributed by atoms with Gasteiger partial charge in [-0.2, -0.15) is 5.10 Å². The number of nitrogens with zero attached hydrogens (tertiary/aromatic N) is 3. The molecule has 6 heteroatoms. The normalized spacial score (nSPS) is 23.8. The first kappa shape index (κ1) is 15.4. The number of fused-ring (bicyclic) bond motifs is 1. The van der Waals surface area contributed by atoms with E-state index in [1.807, 2.05) is 30.0 Å². The molecule has 124 valence electrons. The fraction of sp³-hybridized carbons (Fsp3) is 0.389. The number of aromatic amines is 1. The summed E-state index contributed by atoms with van der Waals surface area (Å²) in [6.07, 6.45) is 10.7. The SMILES string of the molecule is Cc1n[nH]c2ncc(C(=O)N3CCC[C@@H]3C3C=CC(Cl)=CC3)cc12. The Morgan fingerprint density at radius 2 is 2.33 bits per heavy atom. The summed E-state index contributed by atoms with van der Waals surface area (Å²) >= 11 is 6.02. The number of rotatable bonds is 2. The highest BCUT2D eigenvalue weighted by Gasteiger charge is 2.34. The lowest BCUT2D eigenvalue weighted by Crippen LogP contribution is -2.39. The van der Waals surface area contributed by atoms with Crippen molar-refractivity contribution in [1.29, 1.82) is 0 Å². The summed E-state index contributed by atoms with van der Waals surface area (Å²) in [5, 5.41) is 8.71. The van der Waals surface area contributed by atoms with E-state index in [1.54, 1.807) is 6.20 Å². The van der Waals surface area contributed by atoms with Crippen LogP contribution in [0.3, 0.4) is 0 Å². The molecule has 3 heterocycles. The average Bonchev–Trinajstić information content (AvgIpc) is 3.22. The van der Waals surface area contributed by atoms with Crippen molar-refractivity contribution in [3.05, 3.63) is 46.8 Å². The van der Waals surface area contributed by atoms with Crippen LogP contribution in [-0.2, 0) is 0 Å². The van der Waals surface area contributed by atoms with Gasteiger partial charge in [0.15, 0.2) is 5.65 Å². The molecule has 4 rings (SSSR count). The van der Waals surface area contributed by atoms with Crippen LogP contribution in [0, 0.1) is 12.8 Å². The zero-order valence-corrected chi connectivity index (χ0v) is 14.3. The summed E-state index contributed by atoms with van der Waals surface area (Å²) in [5.74, 6) is 0.396. The summed E-state index contributed by atoms with van der Waals surface area (Å²) in [5.41, 5.74) is 2.21. The number of carbonyl (C=O) groups is 1. The number of hydrogen-bond acceptors (Lipinski definition) is 3. The van der Waals surface area contributed by atoms with Crippen LogP contribution in [0.25, 0.3) is 11.0 Å². The highest BCUT2D eigenvalue weighted by Crippen LogP contribution is 2.32. The van der Waals surface area contributed by atoms with Gasteiger partial charge in [0.05, 0.1) is 11.3 Å². The van der Waals surface area contributed by atoms with Crippen LogP contribution in [0.5, 0.6) is 0 Å². The van der Waals surface area contributed by atoms with E-state index in [0.29, 0.717) is 11.5 Å². The van der Waals surface area contributed by atoms with Crippen molar-refractivity contribution in [2.45, 2.75) is 32.2 Å². The summed E-state index contributed by atoms with van der Waals surface area (Å²) in [6.45, 7) is 2.71. The third-order valence-corrected chi connectivity index (χ3v) is 5.28. The minimum atomic E-state index is 0.0570. The van der Waals surface area contributed by atoms with Gasteiger partial charge < -0.3 is 4.90 Å². The number of pyridine rings is 1. The summed E-state index contributed by atoms with van der Waals surface area (Å²) < 4.78 is 0. The second-order valence-corrected chi connectivity index (χ2v) is 6.92. The summed E-state index contributed by atoms with van der Waals surface area (Å²) in [7, 11) is 0. The van der Waals surface area contributed by atoms with E-state index in [1.165, 1.54) is 0 Å². The minimum absolute atomic E-state index is 0.0570. The molecule has 5 nitrogen and oxygen atoms in total. The molecular formula is C18H19ClN4O. The number of H-pyrrole nitrogens is 1. The van der Waals surface area contributed by atoms with Gasteiger partial charge in [0.1, 0.15) is 0 Å². The van der Waals surface area contributed by atoms with Gasteiger partial charge >= 0.3 is 0 Å². The zero-order valence-electron chi connectivity index (χ0n) is 13.5. The molecule has 1 N–H and O–H groups in total. The van der Waals surface area contributed by atoms with Crippen LogP contribution in [-0.4, -0.2) is 38.6 Å². The van der Waals surface area contributed by atoms with Gasteiger partial charge in [-0.1, -0.05) is 23.8 Å². The first-order valence-corrected chi connectivity index (χ1v) is 8.67. The summed E-state index contributed by atoms with van der Waals surface area (Å²) in [6, 6.07) is 2.13. The van der Waals surface area contributed by atoms with Gasteiger partial charge in [0, 0.05) is 35.1 Å². The Morgan fingerprint density at radius 3 is 3.12 bits per heavy atom. The maximum atomic E-state index is 13.0. The van der Waals surface area contributed by atoms with Gasteiger partial charge in [-0.05, 0) is 38.3 Å². The molecule has 2 aromatic heterocycles. The Kier molecular flexibility index (Phi) is 3.88. The zero-order chi connectivity index (χ0) is 16.7. The van der Waals surface area contributed by atoms with E-state index >= 15 is 0 Å². The number of aromatic nitrogens is 3. The molecule has 2 aliphatic rings. The lowest BCUT2D eigenvalue weighted by atomic mass is 9.91. The number of aryl methyl sites for hydroxylation is 1. The Hall–Kier alpha value is -2.14. The van der Waals surface area contributed by atoms with Crippen molar-refractivity contribution in [3.8, 4) is 0 Å². The van der Waals surface area contributed by atoms with Gasteiger partial charge in [0.2, 0.25) is 0 Å². The molecule has 0 aromatic carbocycles. The lowest BCUT2D eigenvalue weighted by molar-refractivity contribution is 0.0706. The molecule has 1 aliphatic carbocycles. The first-order valence-electron chi connectivity index (χ1n) is 8.29. The van der Waals surface area contributed by atoms with Crippen LogP contribution in [0.2, 0.25) is 0 Å². The van der Waals surface area contributed by atoms with Crippen LogP contribution < -0.4 is 0 Å². The van der Waals surface area contributed by atoms with Crippen LogP contribution >= 0.6 is 11.6 Å². The van der Waals surface area contributed by atoms with Crippen LogP contribution in [0.1, 0.15) is 35.3 Å². The van der Waals surface area contributed by atoms with E-state index in [0.717, 1.165) is 47.6 Å². The molecule has 0 radical (unpaired) electrons. The second-order valence-electron chi connectivity index (χ2n) is 6.48. The first-order chi connectivity index (χ1) is 11.6. The molecule has 1 unspecified atom stereocenters. The van der Waals surface area contributed by atoms with E-state index in [4.69, 9.17) is 11.6 Å². The fourth-order valence-corrected chi connectivity index (χ4v) is 3.86. The Bertz CT molecular complexity index is 854. The van der Waals surface area contributed by atoms with Gasteiger partial charge in [-0.25, -0.2) is 4.98 Å². The molecule has 2 aromatic rings. The van der Waals surface area contributed by atoms with E-state index < -0.39 is 0 Å². The number of carbonyl (C=O) groups excluding carboxylic acids is 1. The van der Waals surface area contributed by atoms with Crippen molar-refractivity contribution in [1.82, 2.24) is 20.1 Å². The molecule has 2 atom stereocenters. The Morgan fingerprint density at radius 1 is 1.46 bits per heavy atom. The number of amides is 1. The second kappa shape index (κ2) is 6.06. The molecule has 1 fully saturated rings. The molecule has 0 spiro atoms. The molecule has 1 saturated heterocycles. The highest BCUT2D eigenvalue weighted by molar-refractivity contribution is 6.31. The van der Waals surface area contributed by atoms with Crippen molar-refractivity contribution < 1.29 is 4.79 Å². The highest BCUT2D eigenvalue weighted by atomic mass is 35.5. The van der Waals surface area contributed by atoms with E-state index in [9.17, 15) is 4.79 Å². The minimum Gasteiger partial charge on any atom is -0.335 e. The maximum absolute atomic E-state index is 13.0. The number of hydrogen-bond donors (Lipinski definition) is 1. The number of allylic oxidation sites excluding steroid dienone is 3. The maximum Gasteiger partial charge on any atom is 0.255 e. The standard InChI is InChI=1S/C18H19ClN4O/c1-11-15-9-13(10-20-17(15)22-21-11)18(24)23-8-2-3-16(23)12-4-6-14(19)7-5-12/h4,6-7,9-10,12,16H,2-3,5,8H2,1H3,(H,20,21,22)/t12?,16-/m1/s1. The Labute approximate surface area is 145 Å². The fourth-order valence-electron chi connectivity index (χ4n) is 3.70.